The van der Waals surface area contributed by atoms with Gasteiger partial charge < -0.3 is 14.6 Å². The van der Waals surface area contributed by atoms with Crippen molar-refractivity contribution in [3.8, 4) is 0 Å². The van der Waals surface area contributed by atoms with Gasteiger partial charge in [0.1, 0.15) is 5.82 Å². The third-order valence-electron chi connectivity index (χ3n) is 3.87. The maximum absolute atomic E-state index is 11.3. The Balaban J connectivity index is 2.37. The highest BCUT2D eigenvalue weighted by Crippen LogP contribution is 2.36. The normalized spacial score (nSPS) is 20.0. The summed E-state index contributed by atoms with van der Waals surface area (Å²) in [6.07, 6.45) is 0. The highest BCUT2D eigenvalue weighted by molar-refractivity contribution is 6.63. The van der Waals surface area contributed by atoms with Crippen LogP contribution in [0, 0.1) is 6.92 Å². The molecule has 2 rings (SSSR count). The first-order valence-corrected chi connectivity index (χ1v) is 6.73. The number of hydrogen-bond donors (Lipinski definition) is 1. The predicted molar refractivity (Wildman–Crippen MR) is 79.0 cm³/mol. The lowest BCUT2D eigenvalue weighted by Crippen LogP contribution is -2.41. The van der Waals surface area contributed by atoms with Crippen LogP contribution in [-0.4, -0.2) is 29.2 Å². The molecule has 0 atom stereocenters. The minimum atomic E-state index is -0.532. The fourth-order valence-corrected chi connectivity index (χ4v) is 1.99. The Kier molecular flexibility index (Phi) is 3.65. The number of anilines is 1. The SMILES string of the molecule is CC(=O)Nc1nc(C)ccc1B1OC(C)(C)C(C)(C)O1. The molecule has 1 aromatic rings. The Bertz CT molecular complexity index is 527. The molecule has 1 amide bonds. The first-order valence-electron chi connectivity index (χ1n) is 6.73. The summed E-state index contributed by atoms with van der Waals surface area (Å²) in [4.78, 5) is 15.7. The van der Waals surface area contributed by atoms with Gasteiger partial charge >= 0.3 is 7.12 Å². The molecule has 1 aliphatic heterocycles. The van der Waals surface area contributed by atoms with Crippen molar-refractivity contribution in [3.05, 3.63) is 17.8 Å². The zero-order chi connectivity index (χ0) is 15.1. The van der Waals surface area contributed by atoms with Gasteiger partial charge in [-0.15, -0.1) is 0 Å². The molecule has 0 aliphatic carbocycles. The lowest BCUT2D eigenvalue weighted by atomic mass is 9.79. The van der Waals surface area contributed by atoms with Crippen LogP contribution in [0.3, 0.4) is 0 Å². The van der Waals surface area contributed by atoms with E-state index >= 15 is 0 Å². The second kappa shape index (κ2) is 4.86. The summed E-state index contributed by atoms with van der Waals surface area (Å²) in [6, 6.07) is 3.77. The predicted octanol–water partition coefficient (Wildman–Crippen LogP) is 1.65. The van der Waals surface area contributed by atoms with Gasteiger partial charge in [-0.1, -0.05) is 6.07 Å². The van der Waals surface area contributed by atoms with Crippen molar-refractivity contribution in [3.63, 3.8) is 0 Å². The maximum Gasteiger partial charge on any atom is 0.498 e. The van der Waals surface area contributed by atoms with Crippen molar-refractivity contribution in [2.45, 2.75) is 52.7 Å². The summed E-state index contributed by atoms with van der Waals surface area (Å²) < 4.78 is 12.0. The van der Waals surface area contributed by atoms with E-state index in [0.717, 1.165) is 11.2 Å². The molecule has 6 heteroatoms. The van der Waals surface area contributed by atoms with E-state index in [-0.39, 0.29) is 5.91 Å². The molecule has 2 heterocycles. The molecule has 20 heavy (non-hydrogen) atoms. The zero-order valence-electron chi connectivity index (χ0n) is 12.9. The lowest BCUT2D eigenvalue weighted by Gasteiger charge is -2.32. The highest BCUT2D eigenvalue weighted by atomic mass is 16.7. The molecule has 0 aromatic carbocycles. The molecule has 108 valence electrons. The van der Waals surface area contributed by atoms with Crippen molar-refractivity contribution in [1.82, 2.24) is 4.98 Å². The molecule has 1 aromatic heterocycles. The Labute approximate surface area is 120 Å². The number of amides is 1. The lowest BCUT2D eigenvalue weighted by molar-refractivity contribution is -0.114. The molecule has 1 aliphatic rings. The van der Waals surface area contributed by atoms with E-state index in [1.54, 1.807) is 0 Å². The van der Waals surface area contributed by atoms with Gasteiger partial charge in [0.25, 0.3) is 0 Å². The largest absolute Gasteiger partial charge is 0.498 e. The molecule has 0 bridgehead atoms. The maximum atomic E-state index is 11.3. The number of carbonyl (C=O) groups excluding carboxylic acids is 1. The topological polar surface area (TPSA) is 60.5 Å². The van der Waals surface area contributed by atoms with Gasteiger partial charge in [0.05, 0.1) is 11.2 Å². The number of nitrogens with one attached hydrogen (secondary N) is 1. The van der Waals surface area contributed by atoms with Crippen LogP contribution in [0.5, 0.6) is 0 Å². The van der Waals surface area contributed by atoms with E-state index in [2.05, 4.69) is 10.3 Å². The fraction of sp³-hybridized carbons (Fsp3) is 0.571. The standard InChI is InChI=1S/C14H21BN2O3/c1-9-7-8-11(12(16-9)17-10(2)18)15-19-13(3,4)14(5,6)20-15/h7-8H,1-6H3,(H,16,17,18). The first kappa shape index (κ1) is 15.0. The summed E-state index contributed by atoms with van der Waals surface area (Å²) in [5.41, 5.74) is 0.727. The van der Waals surface area contributed by atoms with E-state index in [4.69, 9.17) is 9.31 Å². The number of carbonyl (C=O) groups is 1. The van der Waals surface area contributed by atoms with Gasteiger partial charge in [0.15, 0.2) is 0 Å². The van der Waals surface area contributed by atoms with Crippen molar-refractivity contribution in [1.29, 1.82) is 0 Å². The van der Waals surface area contributed by atoms with Gasteiger partial charge in [-0.05, 0) is 40.7 Å². The Morgan fingerprint density at radius 2 is 1.75 bits per heavy atom. The van der Waals surface area contributed by atoms with Crippen LogP contribution < -0.4 is 10.8 Å². The summed E-state index contributed by atoms with van der Waals surface area (Å²) in [6.45, 7) is 11.3. The van der Waals surface area contributed by atoms with E-state index < -0.39 is 18.3 Å². The molecular formula is C14H21BN2O3. The number of rotatable bonds is 2. The second-order valence-corrected chi connectivity index (χ2v) is 6.16. The van der Waals surface area contributed by atoms with Gasteiger partial charge in [0, 0.05) is 18.1 Å². The van der Waals surface area contributed by atoms with Crippen LogP contribution in [0.4, 0.5) is 5.82 Å². The van der Waals surface area contributed by atoms with Crippen LogP contribution in [0.15, 0.2) is 12.1 Å². The smallest absolute Gasteiger partial charge is 0.399 e. The second-order valence-electron chi connectivity index (χ2n) is 6.16. The number of aryl methyl sites for hydroxylation is 1. The molecule has 1 N–H and O–H groups in total. The van der Waals surface area contributed by atoms with Crippen molar-refractivity contribution >= 4 is 24.3 Å². The molecule has 0 spiro atoms. The molecular weight excluding hydrogens is 255 g/mol. The zero-order valence-corrected chi connectivity index (χ0v) is 12.9. The number of aromatic nitrogens is 1. The molecule has 1 saturated heterocycles. The van der Waals surface area contributed by atoms with Gasteiger partial charge in [-0.2, -0.15) is 0 Å². The van der Waals surface area contributed by atoms with Gasteiger partial charge in [-0.3, -0.25) is 4.79 Å². The third kappa shape index (κ3) is 2.71. The Morgan fingerprint density at radius 1 is 1.20 bits per heavy atom. The minimum absolute atomic E-state index is 0.166. The molecule has 0 saturated carbocycles. The third-order valence-corrected chi connectivity index (χ3v) is 3.87. The van der Waals surface area contributed by atoms with Crippen LogP contribution >= 0.6 is 0 Å². The van der Waals surface area contributed by atoms with Crippen LogP contribution in [0.1, 0.15) is 40.3 Å². The van der Waals surface area contributed by atoms with E-state index in [1.165, 1.54) is 6.92 Å². The molecule has 5 nitrogen and oxygen atoms in total. The summed E-state index contributed by atoms with van der Waals surface area (Å²) in [5, 5.41) is 2.74. The molecule has 0 radical (unpaired) electrons. The van der Waals surface area contributed by atoms with E-state index in [1.807, 2.05) is 46.8 Å². The Hall–Kier alpha value is -1.40. The van der Waals surface area contributed by atoms with E-state index in [0.29, 0.717) is 5.82 Å². The number of hydrogen-bond acceptors (Lipinski definition) is 4. The monoisotopic (exact) mass is 276 g/mol. The minimum Gasteiger partial charge on any atom is -0.399 e. The summed E-state index contributed by atoms with van der Waals surface area (Å²) in [7, 11) is -0.532. The fourth-order valence-electron chi connectivity index (χ4n) is 1.99. The first-order chi connectivity index (χ1) is 9.12. The van der Waals surface area contributed by atoms with Crippen molar-refractivity contribution < 1.29 is 14.1 Å². The molecule has 0 unspecified atom stereocenters. The number of nitrogens with zero attached hydrogens (tertiary/aromatic N) is 1. The Morgan fingerprint density at radius 3 is 2.25 bits per heavy atom. The van der Waals surface area contributed by atoms with E-state index in [9.17, 15) is 4.79 Å². The molecule has 1 fully saturated rings. The van der Waals surface area contributed by atoms with Crippen LogP contribution in [-0.2, 0) is 14.1 Å². The number of pyridine rings is 1. The van der Waals surface area contributed by atoms with Gasteiger partial charge in [0.2, 0.25) is 5.91 Å². The summed E-state index contributed by atoms with van der Waals surface area (Å²) >= 11 is 0. The van der Waals surface area contributed by atoms with Crippen LogP contribution in [0.2, 0.25) is 0 Å². The van der Waals surface area contributed by atoms with Crippen molar-refractivity contribution in [2.75, 3.05) is 5.32 Å². The van der Waals surface area contributed by atoms with Gasteiger partial charge in [-0.25, -0.2) is 4.98 Å². The highest BCUT2D eigenvalue weighted by Gasteiger charge is 2.52. The average Bonchev–Trinajstić information content (AvgIpc) is 2.46. The van der Waals surface area contributed by atoms with Crippen molar-refractivity contribution in [2.24, 2.45) is 0 Å². The van der Waals surface area contributed by atoms with Crippen LogP contribution in [0.25, 0.3) is 0 Å². The average molecular weight is 276 g/mol. The quantitative estimate of drug-likeness (QED) is 0.834. The summed E-state index contributed by atoms with van der Waals surface area (Å²) in [5.74, 6) is 0.330.